The van der Waals surface area contributed by atoms with Gasteiger partial charge in [-0.25, -0.2) is 13.4 Å². The Morgan fingerprint density at radius 3 is 2.48 bits per heavy atom. The van der Waals surface area contributed by atoms with Crippen LogP contribution >= 0.6 is 23.4 Å². The molecular weight excluding hydrogens is 430 g/mol. The van der Waals surface area contributed by atoms with E-state index in [4.69, 9.17) is 11.6 Å². The molecule has 156 valence electrons. The fraction of sp³-hybridized carbons (Fsp3) is 0.350. The maximum Gasteiger partial charge on any atom is 0.244 e. The molecule has 1 fully saturated rings. The van der Waals surface area contributed by atoms with Gasteiger partial charge in [-0.3, -0.25) is 0 Å². The quantitative estimate of drug-likeness (QED) is 0.718. The third-order valence-electron chi connectivity index (χ3n) is 4.94. The molecule has 3 rings (SSSR count). The predicted molar refractivity (Wildman–Crippen MR) is 119 cm³/mol. The van der Waals surface area contributed by atoms with Crippen molar-refractivity contribution in [3.05, 3.63) is 59.1 Å². The molecule has 1 saturated heterocycles. The van der Waals surface area contributed by atoms with Crippen molar-refractivity contribution in [2.75, 3.05) is 25.9 Å². The summed E-state index contributed by atoms with van der Waals surface area (Å²) >= 11 is 7.65. The van der Waals surface area contributed by atoms with E-state index in [1.54, 1.807) is 31.9 Å². The number of aliphatic hydroxyl groups is 1. The second-order valence-electron chi connectivity index (χ2n) is 6.63. The fourth-order valence-corrected chi connectivity index (χ4v) is 6.33. The molecule has 1 heterocycles. The number of halogens is 1. The standard InChI is InChI=1S/C20H24ClN3O3S2/c1-4-24(5-2)29(26,27)18-13-15(11-12-17(18)21)20(25)14-28-19(23(20)3)22-16-9-7-6-8-10-16/h6-13,25H,4-5,14H2,1-3H3/b22-19+. The fourth-order valence-electron chi connectivity index (χ4n) is 3.17. The van der Waals surface area contributed by atoms with Crippen molar-refractivity contribution < 1.29 is 13.5 Å². The molecule has 1 unspecified atom stereocenters. The largest absolute Gasteiger partial charge is 0.366 e. The number of hydrogen-bond acceptors (Lipinski definition) is 5. The van der Waals surface area contributed by atoms with Gasteiger partial charge in [0.05, 0.1) is 16.5 Å². The minimum absolute atomic E-state index is 0.000592. The van der Waals surface area contributed by atoms with Crippen molar-refractivity contribution in [3.63, 3.8) is 0 Å². The highest BCUT2D eigenvalue weighted by Gasteiger charge is 2.43. The normalized spacial score (nSPS) is 21.3. The number of sulfonamides is 1. The van der Waals surface area contributed by atoms with Crippen LogP contribution in [-0.4, -0.2) is 53.8 Å². The first-order valence-electron chi connectivity index (χ1n) is 9.27. The Balaban J connectivity index is 2.00. The van der Waals surface area contributed by atoms with E-state index in [2.05, 4.69) is 4.99 Å². The molecule has 0 spiro atoms. The summed E-state index contributed by atoms with van der Waals surface area (Å²) in [5.41, 5.74) is -0.149. The van der Waals surface area contributed by atoms with Crippen LogP contribution in [0.4, 0.5) is 5.69 Å². The Bertz CT molecular complexity index is 1010. The highest BCUT2D eigenvalue weighted by atomic mass is 35.5. The molecule has 1 N–H and O–H groups in total. The van der Waals surface area contributed by atoms with Gasteiger partial charge in [-0.1, -0.05) is 61.5 Å². The van der Waals surface area contributed by atoms with E-state index in [-0.39, 0.29) is 9.92 Å². The van der Waals surface area contributed by atoms with Gasteiger partial charge in [0, 0.05) is 25.7 Å². The van der Waals surface area contributed by atoms with Crippen LogP contribution in [0.5, 0.6) is 0 Å². The number of aliphatic imine (C=N–C) groups is 1. The summed E-state index contributed by atoms with van der Waals surface area (Å²) in [6, 6.07) is 14.1. The van der Waals surface area contributed by atoms with Gasteiger partial charge in [0.25, 0.3) is 0 Å². The molecule has 1 aliphatic heterocycles. The van der Waals surface area contributed by atoms with Gasteiger partial charge in [0.15, 0.2) is 10.9 Å². The lowest BCUT2D eigenvalue weighted by Gasteiger charge is -2.32. The van der Waals surface area contributed by atoms with E-state index in [9.17, 15) is 13.5 Å². The zero-order valence-corrected chi connectivity index (χ0v) is 18.9. The Morgan fingerprint density at radius 1 is 1.21 bits per heavy atom. The van der Waals surface area contributed by atoms with Crippen LogP contribution in [0.15, 0.2) is 58.4 Å². The molecule has 1 aliphatic rings. The lowest BCUT2D eigenvalue weighted by atomic mass is 10.0. The first-order chi connectivity index (χ1) is 13.7. The van der Waals surface area contributed by atoms with Gasteiger partial charge in [-0.05, 0) is 24.3 Å². The number of rotatable bonds is 6. The van der Waals surface area contributed by atoms with E-state index in [0.717, 1.165) is 5.69 Å². The van der Waals surface area contributed by atoms with Gasteiger partial charge in [-0.15, -0.1) is 0 Å². The van der Waals surface area contributed by atoms with E-state index in [0.29, 0.717) is 29.6 Å². The number of amidine groups is 1. The van der Waals surface area contributed by atoms with E-state index in [1.807, 2.05) is 30.3 Å². The molecule has 1 atom stereocenters. The third-order valence-corrected chi connectivity index (χ3v) is 8.64. The average Bonchev–Trinajstić information content (AvgIpc) is 2.99. The molecule has 0 aromatic heterocycles. The molecule has 2 aromatic rings. The first kappa shape index (κ1) is 22.1. The summed E-state index contributed by atoms with van der Waals surface area (Å²) in [5.74, 6) is 0.321. The highest BCUT2D eigenvalue weighted by Crippen LogP contribution is 2.40. The molecular formula is C20H24ClN3O3S2. The van der Waals surface area contributed by atoms with E-state index >= 15 is 0 Å². The zero-order chi connectivity index (χ0) is 21.2. The van der Waals surface area contributed by atoms with Crippen molar-refractivity contribution in [3.8, 4) is 0 Å². The molecule has 2 aromatic carbocycles. The van der Waals surface area contributed by atoms with Crippen molar-refractivity contribution in [1.29, 1.82) is 0 Å². The summed E-state index contributed by atoms with van der Waals surface area (Å²) < 4.78 is 27.3. The highest BCUT2D eigenvalue weighted by molar-refractivity contribution is 8.14. The van der Waals surface area contributed by atoms with Crippen LogP contribution in [0.3, 0.4) is 0 Å². The summed E-state index contributed by atoms with van der Waals surface area (Å²) in [6.07, 6.45) is 0. The van der Waals surface area contributed by atoms with Gasteiger partial charge in [-0.2, -0.15) is 4.31 Å². The van der Waals surface area contributed by atoms with E-state index in [1.165, 1.54) is 28.2 Å². The van der Waals surface area contributed by atoms with Gasteiger partial charge in [0.2, 0.25) is 10.0 Å². The number of benzene rings is 2. The van der Waals surface area contributed by atoms with Gasteiger partial charge in [0.1, 0.15) is 4.90 Å². The Kier molecular flexibility index (Phi) is 6.60. The molecule has 29 heavy (non-hydrogen) atoms. The molecule has 0 amide bonds. The van der Waals surface area contributed by atoms with E-state index < -0.39 is 15.7 Å². The molecule has 0 aliphatic carbocycles. The lowest BCUT2D eigenvalue weighted by molar-refractivity contribution is -0.0349. The molecule has 9 heteroatoms. The minimum Gasteiger partial charge on any atom is -0.366 e. The lowest BCUT2D eigenvalue weighted by Crippen LogP contribution is -2.42. The van der Waals surface area contributed by atoms with Crippen LogP contribution in [0, 0.1) is 0 Å². The monoisotopic (exact) mass is 453 g/mol. The van der Waals surface area contributed by atoms with Crippen LogP contribution in [0.2, 0.25) is 5.02 Å². The molecule has 0 bridgehead atoms. The number of nitrogens with zero attached hydrogens (tertiary/aromatic N) is 3. The number of hydrogen-bond donors (Lipinski definition) is 1. The van der Waals surface area contributed by atoms with Gasteiger partial charge < -0.3 is 10.0 Å². The third kappa shape index (κ3) is 4.18. The second kappa shape index (κ2) is 8.65. The van der Waals surface area contributed by atoms with Crippen LogP contribution in [-0.2, 0) is 15.7 Å². The Morgan fingerprint density at radius 2 is 1.86 bits per heavy atom. The topological polar surface area (TPSA) is 73.2 Å². The van der Waals surface area contributed by atoms with Crippen molar-refractivity contribution in [2.45, 2.75) is 24.5 Å². The summed E-state index contributed by atoms with van der Waals surface area (Å²) in [4.78, 5) is 6.27. The zero-order valence-electron chi connectivity index (χ0n) is 16.5. The maximum absolute atomic E-state index is 13.0. The van der Waals surface area contributed by atoms with Crippen LogP contribution in [0.25, 0.3) is 0 Å². The molecule has 0 saturated carbocycles. The van der Waals surface area contributed by atoms with Crippen molar-refractivity contribution >= 4 is 44.2 Å². The Labute approximate surface area is 181 Å². The van der Waals surface area contributed by atoms with Crippen molar-refractivity contribution in [1.82, 2.24) is 9.21 Å². The summed E-state index contributed by atoms with van der Waals surface area (Å²) in [6.45, 7) is 4.24. The Hall–Kier alpha value is -1.58. The molecule has 0 radical (unpaired) electrons. The SMILES string of the molecule is CCN(CC)S(=O)(=O)c1cc(C2(O)CS/C(=N/c3ccccc3)N2C)ccc1Cl. The summed E-state index contributed by atoms with van der Waals surface area (Å²) in [5, 5.41) is 12.2. The second-order valence-corrected chi connectivity index (χ2v) is 9.88. The van der Waals surface area contributed by atoms with Crippen LogP contribution in [0.1, 0.15) is 19.4 Å². The number of thioether (sulfide) groups is 1. The first-order valence-corrected chi connectivity index (χ1v) is 12.1. The summed E-state index contributed by atoms with van der Waals surface area (Å²) in [7, 11) is -2.01. The minimum atomic E-state index is -3.76. The smallest absolute Gasteiger partial charge is 0.244 e. The maximum atomic E-state index is 13.0. The number of para-hydroxylation sites is 1. The van der Waals surface area contributed by atoms with Crippen LogP contribution < -0.4 is 0 Å². The van der Waals surface area contributed by atoms with Gasteiger partial charge >= 0.3 is 0 Å². The average molecular weight is 454 g/mol. The predicted octanol–water partition coefficient (Wildman–Crippen LogP) is 3.88. The molecule has 6 nitrogen and oxygen atoms in total. The van der Waals surface area contributed by atoms with Crippen molar-refractivity contribution in [2.24, 2.45) is 4.99 Å².